The number of nitrogens with one attached hydrogen (secondary N) is 2. The molecular formula is C21H20ClFN6O2. The third kappa shape index (κ3) is 4.89. The van der Waals surface area contributed by atoms with Crippen molar-refractivity contribution in [3.8, 4) is 5.75 Å². The van der Waals surface area contributed by atoms with Gasteiger partial charge in [0.1, 0.15) is 35.3 Å². The molecule has 4 rings (SSSR count). The minimum absolute atomic E-state index is 0.00515. The van der Waals surface area contributed by atoms with Crippen LogP contribution in [0.25, 0.3) is 10.9 Å². The average Bonchev–Trinajstić information content (AvgIpc) is 3.17. The average molecular weight is 443 g/mol. The fourth-order valence-electron chi connectivity index (χ4n) is 3.13. The number of imidazole rings is 1. The molecule has 0 aliphatic rings. The van der Waals surface area contributed by atoms with Crippen molar-refractivity contribution >= 4 is 22.5 Å². The van der Waals surface area contributed by atoms with Crippen LogP contribution in [0.15, 0.2) is 47.7 Å². The Labute approximate surface area is 182 Å². The van der Waals surface area contributed by atoms with Crippen LogP contribution in [0.4, 0.5) is 4.39 Å². The standard InChI is InChI=1S/C21H20ClFN6O2/c1-13-25-7-9-29(13)8-6-24-11-18-20-15(4-5-26-18)21(30)28-19(27-20)12-31-14-2-3-17(23)16(22)10-14/h2-5,7,9-10,24H,6,8,11-12H2,1H3,(H,27,28,30). The topological polar surface area (TPSA) is 97.7 Å². The van der Waals surface area contributed by atoms with Gasteiger partial charge in [0, 0.05) is 44.3 Å². The number of pyridine rings is 1. The van der Waals surface area contributed by atoms with Crippen molar-refractivity contribution in [1.29, 1.82) is 0 Å². The van der Waals surface area contributed by atoms with Crippen molar-refractivity contribution in [2.45, 2.75) is 26.6 Å². The molecule has 0 fully saturated rings. The number of H-pyrrole nitrogens is 1. The van der Waals surface area contributed by atoms with E-state index in [4.69, 9.17) is 16.3 Å². The minimum atomic E-state index is -0.530. The van der Waals surface area contributed by atoms with Crippen molar-refractivity contribution in [1.82, 2.24) is 29.8 Å². The summed E-state index contributed by atoms with van der Waals surface area (Å²) in [5.74, 6) is 1.13. The fraction of sp³-hybridized carbons (Fsp3) is 0.238. The highest BCUT2D eigenvalue weighted by atomic mass is 35.5. The molecule has 0 radical (unpaired) electrons. The Hall–Kier alpha value is -3.30. The van der Waals surface area contributed by atoms with Gasteiger partial charge in [-0.1, -0.05) is 11.6 Å². The highest BCUT2D eigenvalue weighted by Gasteiger charge is 2.10. The van der Waals surface area contributed by atoms with E-state index in [2.05, 4.69) is 25.3 Å². The molecule has 3 heterocycles. The van der Waals surface area contributed by atoms with E-state index in [1.54, 1.807) is 18.5 Å². The molecule has 0 amide bonds. The number of nitrogens with zero attached hydrogens (tertiary/aromatic N) is 4. The smallest absolute Gasteiger partial charge is 0.258 e. The fourth-order valence-corrected chi connectivity index (χ4v) is 3.30. The van der Waals surface area contributed by atoms with Crippen molar-refractivity contribution in [3.05, 3.63) is 81.4 Å². The number of benzene rings is 1. The third-order valence-electron chi connectivity index (χ3n) is 4.76. The molecule has 0 aliphatic heterocycles. The van der Waals surface area contributed by atoms with Gasteiger partial charge in [0.2, 0.25) is 0 Å². The quantitative estimate of drug-likeness (QED) is 0.407. The molecule has 1 aromatic carbocycles. The molecule has 10 heteroatoms. The van der Waals surface area contributed by atoms with Crippen LogP contribution in [0.2, 0.25) is 5.02 Å². The van der Waals surface area contributed by atoms with Gasteiger partial charge >= 0.3 is 0 Å². The highest BCUT2D eigenvalue weighted by molar-refractivity contribution is 6.30. The van der Waals surface area contributed by atoms with Crippen molar-refractivity contribution in [2.75, 3.05) is 6.54 Å². The van der Waals surface area contributed by atoms with Crippen LogP contribution in [0, 0.1) is 12.7 Å². The summed E-state index contributed by atoms with van der Waals surface area (Å²) in [6.45, 7) is 3.87. The Kier molecular flexibility index (Phi) is 6.24. The predicted octanol–water partition coefficient (Wildman–Crippen LogP) is 2.98. The molecule has 0 spiro atoms. The van der Waals surface area contributed by atoms with Gasteiger partial charge in [0.25, 0.3) is 5.56 Å². The Morgan fingerprint density at radius 3 is 2.90 bits per heavy atom. The van der Waals surface area contributed by atoms with Crippen LogP contribution in [0.3, 0.4) is 0 Å². The zero-order valence-electron chi connectivity index (χ0n) is 16.7. The van der Waals surface area contributed by atoms with Gasteiger partial charge in [-0.3, -0.25) is 9.78 Å². The van der Waals surface area contributed by atoms with E-state index in [0.29, 0.717) is 41.3 Å². The van der Waals surface area contributed by atoms with Crippen LogP contribution in [0.5, 0.6) is 5.75 Å². The molecule has 0 bridgehead atoms. The Balaban J connectivity index is 1.47. The largest absolute Gasteiger partial charge is 0.486 e. The summed E-state index contributed by atoms with van der Waals surface area (Å²) in [5.41, 5.74) is 0.892. The zero-order chi connectivity index (χ0) is 21.8. The van der Waals surface area contributed by atoms with Crippen LogP contribution in [0.1, 0.15) is 17.3 Å². The van der Waals surface area contributed by atoms with Gasteiger partial charge in [-0.15, -0.1) is 0 Å². The SMILES string of the molecule is Cc1nccn1CCNCc1nccc2c(=O)[nH]c(COc3ccc(F)c(Cl)c3)nc12. The number of hydrogen-bond donors (Lipinski definition) is 2. The molecule has 31 heavy (non-hydrogen) atoms. The molecule has 0 unspecified atom stereocenters. The first-order chi connectivity index (χ1) is 15.0. The first-order valence-electron chi connectivity index (χ1n) is 9.64. The van der Waals surface area contributed by atoms with Gasteiger partial charge in [-0.2, -0.15) is 0 Å². The summed E-state index contributed by atoms with van der Waals surface area (Å²) in [6.07, 6.45) is 5.28. The maximum atomic E-state index is 13.3. The van der Waals surface area contributed by atoms with E-state index in [-0.39, 0.29) is 17.2 Å². The molecule has 2 N–H and O–H groups in total. The van der Waals surface area contributed by atoms with E-state index in [9.17, 15) is 9.18 Å². The number of aromatic amines is 1. The Morgan fingerprint density at radius 2 is 2.13 bits per heavy atom. The number of aromatic nitrogens is 5. The highest BCUT2D eigenvalue weighted by Crippen LogP contribution is 2.21. The molecule has 4 aromatic rings. The van der Waals surface area contributed by atoms with Crippen LogP contribution in [-0.2, 0) is 19.7 Å². The maximum absolute atomic E-state index is 13.3. The summed E-state index contributed by atoms with van der Waals surface area (Å²) in [6, 6.07) is 5.67. The van der Waals surface area contributed by atoms with Crippen molar-refractivity contribution in [3.63, 3.8) is 0 Å². The van der Waals surface area contributed by atoms with Crippen LogP contribution >= 0.6 is 11.6 Å². The van der Waals surface area contributed by atoms with Crippen LogP contribution < -0.4 is 15.6 Å². The molecule has 3 aromatic heterocycles. The number of rotatable bonds is 8. The lowest BCUT2D eigenvalue weighted by atomic mass is 10.2. The van der Waals surface area contributed by atoms with E-state index in [0.717, 1.165) is 12.4 Å². The number of aryl methyl sites for hydroxylation is 1. The minimum Gasteiger partial charge on any atom is -0.486 e. The number of hydrogen-bond acceptors (Lipinski definition) is 6. The van der Waals surface area contributed by atoms with Crippen LogP contribution in [-0.4, -0.2) is 31.0 Å². The zero-order valence-corrected chi connectivity index (χ0v) is 17.5. The Morgan fingerprint density at radius 1 is 1.26 bits per heavy atom. The van der Waals surface area contributed by atoms with Gasteiger partial charge < -0.3 is 19.6 Å². The van der Waals surface area contributed by atoms with Gasteiger partial charge in [0.15, 0.2) is 0 Å². The summed E-state index contributed by atoms with van der Waals surface area (Å²) in [4.78, 5) is 28.3. The number of halogens is 2. The third-order valence-corrected chi connectivity index (χ3v) is 5.05. The first-order valence-corrected chi connectivity index (χ1v) is 10.0. The molecular weight excluding hydrogens is 423 g/mol. The lowest BCUT2D eigenvalue weighted by Gasteiger charge is -2.10. The van der Waals surface area contributed by atoms with Gasteiger partial charge in [-0.05, 0) is 25.1 Å². The summed E-state index contributed by atoms with van der Waals surface area (Å²) >= 11 is 5.77. The Bertz CT molecular complexity index is 1270. The van der Waals surface area contributed by atoms with E-state index < -0.39 is 5.82 Å². The summed E-state index contributed by atoms with van der Waals surface area (Å²) < 4.78 is 20.9. The first kappa shape index (κ1) is 21.0. The molecule has 8 nitrogen and oxygen atoms in total. The van der Waals surface area contributed by atoms with Crippen molar-refractivity contribution < 1.29 is 9.13 Å². The molecule has 160 valence electrons. The summed E-state index contributed by atoms with van der Waals surface area (Å²) in [5, 5.41) is 3.73. The molecule has 0 atom stereocenters. The molecule has 0 aliphatic carbocycles. The van der Waals surface area contributed by atoms with Crippen molar-refractivity contribution in [2.24, 2.45) is 0 Å². The predicted molar refractivity (Wildman–Crippen MR) is 115 cm³/mol. The lowest BCUT2D eigenvalue weighted by molar-refractivity contribution is 0.295. The summed E-state index contributed by atoms with van der Waals surface area (Å²) in [7, 11) is 0. The van der Waals surface area contributed by atoms with Gasteiger partial charge in [-0.25, -0.2) is 14.4 Å². The lowest BCUT2D eigenvalue weighted by Crippen LogP contribution is -2.21. The second-order valence-electron chi connectivity index (χ2n) is 6.88. The van der Waals surface area contributed by atoms with Gasteiger partial charge in [0.05, 0.1) is 16.1 Å². The van der Waals surface area contributed by atoms with E-state index in [1.165, 1.54) is 18.2 Å². The number of fused-ring (bicyclic) bond motifs is 1. The monoisotopic (exact) mass is 442 g/mol. The molecule has 0 saturated heterocycles. The second-order valence-corrected chi connectivity index (χ2v) is 7.28. The molecule has 0 saturated carbocycles. The second kappa shape index (κ2) is 9.23. The van der Waals surface area contributed by atoms with E-state index >= 15 is 0 Å². The normalized spacial score (nSPS) is 11.2. The number of ether oxygens (including phenoxy) is 1. The van der Waals surface area contributed by atoms with E-state index in [1.807, 2.05) is 17.7 Å². The maximum Gasteiger partial charge on any atom is 0.258 e.